The van der Waals surface area contributed by atoms with Crippen LogP contribution in [0, 0.1) is 13.8 Å². The van der Waals surface area contributed by atoms with E-state index in [-0.39, 0.29) is 37.1 Å². The van der Waals surface area contributed by atoms with Crippen LogP contribution in [0.4, 0.5) is 0 Å². The SMILES string of the molecule is COc1c(C)cc(Cl)c(OC)c1C(O)c1cc(Cl)n(S(=O)(=O)c2ccc(C)cc2)c1Cl. The van der Waals surface area contributed by atoms with E-state index in [1.54, 1.807) is 25.1 Å². The van der Waals surface area contributed by atoms with Crippen molar-refractivity contribution < 1.29 is 23.0 Å². The number of methoxy groups -OCH3 is 2. The zero-order valence-electron chi connectivity index (χ0n) is 17.1. The molecule has 3 rings (SSSR count). The van der Waals surface area contributed by atoms with Gasteiger partial charge in [0, 0.05) is 5.56 Å². The molecule has 0 bridgehead atoms. The molecule has 166 valence electrons. The highest BCUT2D eigenvalue weighted by molar-refractivity contribution is 7.90. The summed E-state index contributed by atoms with van der Waals surface area (Å²) < 4.78 is 37.9. The summed E-state index contributed by atoms with van der Waals surface area (Å²) in [7, 11) is -1.27. The fourth-order valence-electron chi connectivity index (χ4n) is 3.33. The zero-order valence-corrected chi connectivity index (χ0v) is 20.2. The first kappa shape index (κ1) is 23.8. The Bertz CT molecular complexity index is 1210. The Labute approximate surface area is 195 Å². The smallest absolute Gasteiger partial charge is 0.270 e. The Hall–Kier alpha value is -1.90. The summed E-state index contributed by atoms with van der Waals surface area (Å²) >= 11 is 19.0. The van der Waals surface area contributed by atoms with Crippen LogP contribution >= 0.6 is 34.8 Å². The molecular weight excluding hydrogens is 485 g/mol. The van der Waals surface area contributed by atoms with Gasteiger partial charge in [-0.2, -0.15) is 0 Å². The van der Waals surface area contributed by atoms with Crippen molar-refractivity contribution >= 4 is 44.8 Å². The molecule has 0 saturated heterocycles. The number of hydrogen-bond acceptors (Lipinski definition) is 5. The van der Waals surface area contributed by atoms with Gasteiger partial charge in [0.25, 0.3) is 10.0 Å². The first-order valence-electron chi connectivity index (χ1n) is 9.02. The molecule has 0 radical (unpaired) electrons. The Kier molecular flexibility index (Phi) is 6.84. The molecule has 0 amide bonds. The first-order valence-corrected chi connectivity index (χ1v) is 11.6. The fraction of sp³-hybridized carbons (Fsp3) is 0.238. The number of aliphatic hydroxyl groups is 1. The van der Waals surface area contributed by atoms with Crippen LogP contribution in [-0.2, 0) is 10.0 Å². The molecule has 2 aromatic carbocycles. The van der Waals surface area contributed by atoms with E-state index in [1.807, 2.05) is 6.92 Å². The van der Waals surface area contributed by atoms with E-state index in [2.05, 4.69) is 0 Å². The topological polar surface area (TPSA) is 77.8 Å². The van der Waals surface area contributed by atoms with Gasteiger partial charge in [0.15, 0.2) is 0 Å². The number of halogens is 3. The van der Waals surface area contributed by atoms with Gasteiger partial charge in [-0.05, 0) is 43.7 Å². The van der Waals surface area contributed by atoms with Crippen LogP contribution in [0.1, 0.15) is 28.4 Å². The molecule has 0 fully saturated rings. The van der Waals surface area contributed by atoms with Crippen molar-refractivity contribution in [2.75, 3.05) is 14.2 Å². The predicted molar refractivity (Wildman–Crippen MR) is 122 cm³/mol. The van der Waals surface area contributed by atoms with Crippen LogP contribution in [0.2, 0.25) is 15.3 Å². The molecule has 0 aliphatic rings. The number of aliphatic hydroxyl groups excluding tert-OH is 1. The first-order chi connectivity index (χ1) is 14.5. The second-order valence-electron chi connectivity index (χ2n) is 6.85. The van der Waals surface area contributed by atoms with E-state index < -0.39 is 16.1 Å². The van der Waals surface area contributed by atoms with Crippen molar-refractivity contribution in [2.45, 2.75) is 24.8 Å². The molecule has 10 heteroatoms. The molecule has 1 aromatic heterocycles. The number of nitrogens with zero attached hydrogens (tertiary/aromatic N) is 1. The van der Waals surface area contributed by atoms with Crippen LogP contribution in [0.15, 0.2) is 41.3 Å². The maximum Gasteiger partial charge on any atom is 0.270 e. The van der Waals surface area contributed by atoms with Crippen molar-refractivity contribution in [3.8, 4) is 11.5 Å². The Balaban J connectivity index is 2.21. The minimum absolute atomic E-state index is 0.00676. The Morgan fingerprint density at radius 1 is 0.968 bits per heavy atom. The van der Waals surface area contributed by atoms with Crippen molar-refractivity contribution in [1.82, 2.24) is 3.97 Å². The molecule has 0 aliphatic heterocycles. The lowest BCUT2D eigenvalue weighted by Crippen LogP contribution is -2.14. The average molecular weight is 505 g/mol. The maximum absolute atomic E-state index is 13.2. The van der Waals surface area contributed by atoms with E-state index in [4.69, 9.17) is 44.3 Å². The number of rotatable bonds is 6. The van der Waals surface area contributed by atoms with Crippen molar-refractivity contribution in [1.29, 1.82) is 0 Å². The van der Waals surface area contributed by atoms with Crippen molar-refractivity contribution in [3.05, 3.63) is 74.0 Å². The second kappa shape index (κ2) is 8.92. The van der Waals surface area contributed by atoms with E-state index >= 15 is 0 Å². The summed E-state index contributed by atoms with van der Waals surface area (Å²) in [5.41, 5.74) is 1.81. The summed E-state index contributed by atoms with van der Waals surface area (Å²) in [6.45, 7) is 3.59. The van der Waals surface area contributed by atoms with Gasteiger partial charge in [-0.25, -0.2) is 12.4 Å². The summed E-state index contributed by atoms with van der Waals surface area (Å²) in [4.78, 5) is 0.00676. The normalized spacial score (nSPS) is 12.6. The molecule has 0 spiro atoms. The highest BCUT2D eigenvalue weighted by atomic mass is 35.5. The van der Waals surface area contributed by atoms with Crippen LogP contribution in [0.25, 0.3) is 0 Å². The predicted octanol–water partition coefficient (Wildman–Crippen LogP) is 5.40. The molecule has 1 N–H and O–H groups in total. The van der Waals surface area contributed by atoms with Crippen LogP contribution in [0.5, 0.6) is 11.5 Å². The van der Waals surface area contributed by atoms with Gasteiger partial charge < -0.3 is 14.6 Å². The monoisotopic (exact) mass is 503 g/mol. The zero-order chi connectivity index (χ0) is 23.1. The van der Waals surface area contributed by atoms with E-state index in [1.165, 1.54) is 32.4 Å². The van der Waals surface area contributed by atoms with Crippen LogP contribution in [-0.4, -0.2) is 31.7 Å². The van der Waals surface area contributed by atoms with Crippen molar-refractivity contribution in [2.24, 2.45) is 0 Å². The molecule has 1 unspecified atom stereocenters. The summed E-state index contributed by atoms with van der Waals surface area (Å²) in [6.07, 6.45) is -1.43. The minimum atomic E-state index is -4.11. The molecule has 6 nitrogen and oxygen atoms in total. The fourth-order valence-corrected chi connectivity index (χ4v) is 6.00. The molecule has 0 saturated carbocycles. The molecule has 0 aliphatic carbocycles. The highest BCUT2D eigenvalue weighted by Gasteiger charge is 2.32. The number of ether oxygens (including phenoxy) is 2. The van der Waals surface area contributed by atoms with Gasteiger partial charge in [0.05, 0.1) is 29.7 Å². The number of benzene rings is 2. The van der Waals surface area contributed by atoms with E-state index in [0.29, 0.717) is 11.3 Å². The third-order valence-corrected chi connectivity index (χ3v) is 7.70. The minimum Gasteiger partial charge on any atom is -0.496 e. The average Bonchev–Trinajstić information content (AvgIpc) is 3.02. The highest BCUT2D eigenvalue weighted by Crippen LogP contribution is 2.46. The number of hydrogen-bond donors (Lipinski definition) is 1. The lowest BCUT2D eigenvalue weighted by atomic mass is 9.99. The largest absolute Gasteiger partial charge is 0.496 e. The Morgan fingerprint density at radius 2 is 1.55 bits per heavy atom. The van der Waals surface area contributed by atoms with Gasteiger partial charge in [-0.1, -0.05) is 52.5 Å². The van der Waals surface area contributed by atoms with E-state index in [0.717, 1.165) is 9.54 Å². The van der Waals surface area contributed by atoms with Gasteiger partial charge in [-0.3, -0.25) is 0 Å². The lowest BCUT2D eigenvalue weighted by Gasteiger charge is -2.21. The van der Waals surface area contributed by atoms with Crippen molar-refractivity contribution in [3.63, 3.8) is 0 Å². The van der Waals surface area contributed by atoms with Crippen LogP contribution < -0.4 is 9.47 Å². The number of aromatic nitrogens is 1. The Morgan fingerprint density at radius 3 is 2.10 bits per heavy atom. The van der Waals surface area contributed by atoms with Gasteiger partial charge in [0.1, 0.15) is 27.9 Å². The molecule has 1 atom stereocenters. The third-order valence-electron chi connectivity index (χ3n) is 4.83. The molecule has 31 heavy (non-hydrogen) atoms. The molecule has 3 aromatic rings. The summed E-state index contributed by atoms with van der Waals surface area (Å²) in [6, 6.07) is 9.17. The quantitative estimate of drug-likeness (QED) is 0.486. The van der Waals surface area contributed by atoms with Gasteiger partial charge in [0.2, 0.25) is 0 Å². The lowest BCUT2D eigenvalue weighted by molar-refractivity contribution is 0.209. The molecule has 1 heterocycles. The second-order valence-corrected chi connectivity index (χ2v) is 9.79. The van der Waals surface area contributed by atoms with Gasteiger partial charge >= 0.3 is 0 Å². The summed E-state index contributed by atoms with van der Waals surface area (Å²) in [5, 5.41) is 11.0. The van der Waals surface area contributed by atoms with Crippen LogP contribution in [0.3, 0.4) is 0 Å². The maximum atomic E-state index is 13.2. The van der Waals surface area contributed by atoms with Gasteiger partial charge in [-0.15, -0.1) is 0 Å². The number of aryl methyl sites for hydroxylation is 2. The summed E-state index contributed by atoms with van der Waals surface area (Å²) in [5.74, 6) is 0.507. The molecular formula is C21H20Cl3NO5S. The third kappa shape index (κ3) is 4.13. The van der Waals surface area contributed by atoms with E-state index in [9.17, 15) is 13.5 Å². The standard InChI is InChI=1S/C21H20Cl3NO5S/c1-11-5-7-13(8-6-11)31(27,28)25-16(23)10-14(21(25)24)18(26)17-19(29-3)12(2)9-15(22)20(17)30-4/h5-10,18,26H,1-4H3.